The molecule has 1 aromatic rings. The minimum atomic E-state index is -3.16. The van der Waals surface area contributed by atoms with Gasteiger partial charge in [-0.3, -0.25) is 4.98 Å². The normalized spacial score (nSPS) is 11.9. The van der Waals surface area contributed by atoms with Crippen molar-refractivity contribution in [2.24, 2.45) is 0 Å². The summed E-state index contributed by atoms with van der Waals surface area (Å²) in [7, 11) is -1.55. The highest BCUT2D eigenvalue weighted by Gasteiger charge is 2.16. The van der Waals surface area contributed by atoms with Gasteiger partial charge in [0.15, 0.2) is 0 Å². The predicted octanol–water partition coefficient (Wildman–Crippen LogP) is 1.90. The SMILES string of the molecule is CN(CCc1ccccn1)S(=O)(=O)CCCCCl. The first-order valence-electron chi connectivity index (χ1n) is 5.96. The van der Waals surface area contributed by atoms with E-state index in [4.69, 9.17) is 11.6 Å². The molecule has 0 fully saturated rings. The van der Waals surface area contributed by atoms with Crippen molar-refractivity contribution in [2.75, 3.05) is 25.2 Å². The topological polar surface area (TPSA) is 50.3 Å². The molecule has 18 heavy (non-hydrogen) atoms. The molecule has 0 unspecified atom stereocenters. The molecule has 0 saturated carbocycles. The van der Waals surface area contributed by atoms with Crippen LogP contribution in [0.2, 0.25) is 0 Å². The minimum absolute atomic E-state index is 0.165. The number of hydrogen-bond donors (Lipinski definition) is 0. The van der Waals surface area contributed by atoms with Gasteiger partial charge >= 0.3 is 0 Å². The Bertz CT molecular complexity index is 437. The summed E-state index contributed by atoms with van der Waals surface area (Å²) in [6.45, 7) is 0.459. The highest BCUT2D eigenvalue weighted by Crippen LogP contribution is 2.05. The smallest absolute Gasteiger partial charge is 0.213 e. The second-order valence-corrected chi connectivity index (χ2v) is 6.68. The van der Waals surface area contributed by atoms with Gasteiger partial charge in [-0.15, -0.1) is 11.6 Å². The van der Waals surface area contributed by atoms with Crippen molar-refractivity contribution in [3.63, 3.8) is 0 Å². The molecule has 0 aromatic carbocycles. The maximum absolute atomic E-state index is 11.9. The van der Waals surface area contributed by atoms with Crippen molar-refractivity contribution >= 4 is 21.6 Å². The standard InChI is InChI=1S/C12H19ClN2O2S/c1-15(18(16,17)11-5-3-8-13)10-7-12-6-2-4-9-14-12/h2,4,6,9H,3,5,7-8,10-11H2,1H3. The Balaban J connectivity index is 2.42. The van der Waals surface area contributed by atoms with E-state index in [1.807, 2.05) is 18.2 Å². The minimum Gasteiger partial charge on any atom is -0.261 e. The molecule has 1 rings (SSSR count). The number of pyridine rings is 1. The Morgan fingerprint density at radius 2 is 2.11 bits per heavy atom. The molecule has 102 valence electrons. The van der Waals surface area contributed by atoms with Gasteiger partial charge in [0.2, 0.25) is 10.0 Å². The quantitative estimate of drug-likeness (QED) is 0.543. The van der Waals surface area contributed by atoms with Gasteiger partial charge in [0, 0.05) is 37.8 Å². The lowest BCUT2D eigenvalue weighted by molar-refractivity contribution is 0.469. The fourth-order valence-electron chi connectivity index (χ4n) is 1.49. The molecule has 0 atom stereocenters. The van der Waals surface area contributed by atoms with Gasteiger partial charge in [-0.05, 0) is 25.0 Å². The van der Waals surface area contributed by atoms with E-state index in [2.05, 4.69) is 4.98 Å². The van der Waals surface area contributed by atoms with Crippen LogP contribution in [-0.2, 0) is 16.4 Å². The van der Waals surface area contributed by atoms with Gasteiger partial charge in [0.05, 0.1) is 5.75 Å². The molecule has 0 radical (unpaired) electrons. The van der Waals surface area contributed by atoms with Crippen LogP contribution in [0.3, 0.4) is 0 Å². The Morgan fingerprint density at radius 1 is 1.33 bits per heavy atom. The zero-order valence-electron chi connectivity index (χ0n) is 10.5. The second kappa shape index (κ2) is 7.71. The average molecular weight is 291 g/mol. The van der Waals surface area contributed by atoms with Crippen LogP contribution in [0.15, 0.2) is 24.4 Å². The molecule has 0 aliphatic carbocycles. The second-order valence-electron chi connectivity index (χ2n) is 4.10. The maximum atomic E-state index is 11.9. The lowest BCUT2D eigenvalue weighted by Gasteiger charge is -2.16. The van der Waals surface area contributed by atoms with Gasteiger partial charge in [0.1, 0.15) is 0 Å². The molecule has 6 heteroatoms. The Hall–Kier alpha value is -0.650. The molecular weight excluding hydrogens is 272 g/mol. The van der Waals surface area contributed by atoms with Crippen molar-refractivity contribution < 1.29 is 8.42 Å². The third-order valence-electron chi connectivity index (χ3n) is 2.67. The fourth-order valence-corrected chi connectivity index (χ4v) is 2.93. The van der Waals surface area contributed by atoms with Gasteiger partial charge in [-0.25, -0.2) is 12.7 Å². The molecule has 1 aromatic heterocycles. The maximum Gasteiger partial charge on any atom is 0.213 e. The molecule has 0 N–H and O–H groups in total. The first-order valence-corrected chi connectivity index (χ1v) is 8.10. The number of alkyl halides is 1. The molecule has 1 heterocycles. The molecule has 0 spiro atoms. The first kappa shape index (κ1) is 15.4. The highest BCUT2D eigenvalue weighted by atomic mass is 35.5. The molecule has 0 bridgehead atoms. The van der Waals surface area contributed by atoms with Crippen LogP contribution < -0.4 is 0 Å². The van der Waals surface area contributed by atoms with Crippen LogP contribution in [-0.4, -0.2) is 42.9 Å². The Kier molecular flexibility index (Phi) is 6.60. The summed E-state index contributed by atoms with van der Waals surface area (Å²) in [5.41, 5.74) is 0.903. The largest absolute Gasteiger partial charge is 0.261 e. The van der Waals surface area contributed by atoms with Crippen LogP contribution in [0, 0.1) is 0 Å². The number of rotatable bonds is 8. The van der Waals surface area contributed by atoms with Crippen LogP contribution in [0.4, 0.5) is 0 Å². The van der Waals surface area contributed by atoms with Gasteiger partial charge in [-0.1, -0.05) is 6.07 Å². The number of sulfonamides is 1. The summed E-state index contributed by atoms with van der Waals surface area (Å²) in [5, 5.41) is 0. The average Bonchev–Trinajstić information content (AvgIpc) is 2.37. The molecule has 0 saturated heterocycles. The number of halogens is 1. The zero-order chi connectivity index (χ0) is 13.4. The van der Waals surface area contributed by atoms with Crippen LogP contribution in [0.1, 0.15) is 18.5 Å². The van der Waals surface area contributed by atoms with Gasteiger partial charge in [-0.2, -0.15) is 0 Å². The number of hydrogen-bond acceptors (Lipinski definition) is 3. The van der Waals surface area contributed by atoms with E-state index in [1.165, 1.54) is 4.31 Å². The Morgan fingerprint density at radius 3 is 2.72 bits per heavy atom. The summed E-state index contributed by atoms with van der Waals surface area (Å²) in [6, 6.07) is 5.64. The summed E-state index contributed by atoms with van der Waals surface area (Å²) >= 11 is 5.53. The molecule has 0 aliphatic heterocycles. The third kappa shape index (κ3) is 5.33. The van der Waals surface area contributed by atoms with Crippen molar-refractivity contribution in [3.05, 3.63) is 30.1 Å². The highest BCUT2D eigenvalue weighted by molar-refractivity contribution is 7.89. The number of nitrogens with zero attached hydrogens (tertiary/aromatic N) is 2. The van der Waals surface area contributed by atoms with Crippen molar-refractivity contribution in [1.82, 2.24) is 9.29 Å². The van der Waals surface area contributed by atoms with Crippen LogP contribution >= 0.6 is 11.6 Å². The van der Waals surface area contributed by atoms with Gasteiger partial charge in [0.25, 0.3) is 0 Å². The fraction of sp³-hybridized carbons (Fsp3) is 0.583. The van der Waals surface area contributed by atoms with E-state index < -0.39 is 10.0 Å². The molecule has 0 amide bonds. The van der Waals surface area contributed by atoms with Crippen molar-refractivity contribution in [3.8, 4) is 0 Å². The summed E-state index contributed by atoms with van der Waals surface area (Å²) in [5.74, 6) is 0.672. The zero-order valence-corrected chi connectivity index (χ0v) is 12.1. The van der Waals surface area contributed by atoms with Gasteiger partial charge < -0.3 is 0 Å². The van der Waals surface area contributed by atoms with Crippen LogP contribution in [0.5, 0.6) is 0 Å². The van der Waals surface area contributed by atoms with Crippen LogP contribution in [0.25, 0.3) is 0 Å². The monoisotopic (exact) mass is 290 g/mol. The van der Waals surface area contributed by atoms with Crippen molar-refractivity contribution in [2.45, 2.75) is 19.3 Å². The lowest BCUT2D eigenvalue weighted by Crippen LogP contribution is -2.31. The molecule has 0 aliphatic rings. The molecule has 4 nitrogen and oxygen atoms in total. The van der Waals surface area contributed by atoms with E-state index in [0.717, 1.165) is 12.1 Å². The number of likely N-dealkylation sites (N-methyl/N-ethyl adjacent to an activating group) is 1. The molecular formula is C12H19ClN2O2S. The summed E-state index contributed by atoms with van der Waals surface area (Å²) in [4.78, 5) is 4.17. The van der Waals surface area contributed by atoms with E-state index >= 15 is 0 Å². The van der Waals surface area contributed by atoms with Crippen molar-refractivity contribution in [1.29, 1.82) is 0 Å². The van der Waals surface area contributed by atoms with E-state index in [0.29, 0.717) is 25.3 Å². The number of aromatic nitrogens is 1. The summed E-state index contributed by atoms with van der Waals surface area (Å²) < 4.78 is 25.2. The lowest BCUT2D eigenvalue weighted by atomic mass is 10.3. The van der Waals surface area contributed by atoms with E-state index in [9.17, 15) is 8.42 Å². The van der Waals surface area contributed by atoms with E-state index in [1.54, 1.807) is 13.2 Å². The Labute approximate surface area is 114 Å². The summed E-state index contributed by atoms with van der Waals surface area (Å²) in [6.07, 6.45) is 3.69. The third-order valence-corrected chi connectivity index (χ3v) is 4.87. The van der Waals surface area contributed by atoms with E-state index in [-0.39, 0.29) is 5.75 Å². The first-order chi connectivity index (χ1) is 8.56. The predicted molar refractivity (Wildman–Crippen MR) is 74.3 cm³/mol. The number of unbranched alkanes of at least 4 members (excludes halogenated alkanes) is 1.